The van der Waals surface area contributed by atoms with Crippen LogP contribution in [0.2, 0.25) is 0 Å². The summed E-state index contributed by atoms with van der Waals surface area (Å²) >= 11 is 0. The second-order valence-electron chi connectivity index (χ2n) is 5.01. The molecule has 1 N–H and O–H groups in total. The monoisotopic (exact) mass is 271 g/mol. The summed E-state index contributed by atoms with van der Waals surface area (Å²) in [7, 11) is 1.51. The number of amides is 2. The van der Waals surface area contributed by atoms with Crippen LogP contribution in [0, 0.1) is 11.3 Å². The molecule has 104 valence electrons. The van der Waals surface area contributed by atoms with Crippen LogP contribution in [0.5, 0.6) is 0 Å². The smallest absolute Gasteiger partial charge is 0.246 e. The molecule has 2 amide bonds. The maximum atomic E-state index is 12.0. The standard InChI is InChI=1S/C15H17N3O2/c1-10(12-5-3-4-11(8-12)9-16)17-13-6-7-14(19)18(2)15(13)20/h3-5,8,10,13,17H,6-7H2,1-2H3. The number of likely N-dealkylation sites (N-methyl/N-ethyl adjacent to an activating group) is 1. The quantitative estimate of drug-likeness (QED) is 0.842. The third-order valence-corrected chi connectivity index (χ3v) is 3.62. The minimum absolute atomic E-state index is 0.0566. The van der Waals surface area contributed by atoms with Crippen molar-refractivity contribution in [2.24, 2.45) is 0 Å². The van der Waals surface area contributed by atoms with Gasteiger partial charge in [-0.05, 0) is 31.0 Å². The lowest BCUT2D eigenvalue weighted by atomic mass is 10.0. The number of nitrogens with zero attached hydrogens (tertiary/aromatic N) is 2. The van der Waals surface area contributed by atoms with E-state index in [4.69, 9.17) is 5.26 Å². The molecule has 1 aromatic rings. The lowest BCUT2D eigenvalue weighted by Crippen LogP contribution is -2.51. The van der Waals surface area contributed by atoms with Gasteiger partial charge >= 0.3 is 0 Å². The van der Waals surface area contributed by atoms with E-state index < -0.39 is 0 Å². The highest BCUT2D eigenvalue weighted by atomic mass is 16.2. The van der Waals surface area contributed by atoms with Gasteiger partial charge in [-0.1, -0.05) is 12.1 Å². The summed E-state index contributed by atoms with van der Waals surface area (Å²) in [6.07, 6.45) is 0.898. The number of carbonyl (C=O) groups is 2. The summed E-state index contributed by atoms with van der Waals surface area (Å²) in [5, 5.41) is 12.1. The van der Waals surface area contributed by atoms with Crippen molar-refractivity contribution >= 4 is 11.8 Å². The molecule has 1 saturated heterocycles. The average molecular weight is 271 g/mol. The Labute approximate surface area is 118 Å². The van der Waals surface area contributed by atoms with Crippen molar-refractivity contribution in [2.75, 3.05) is 7.05 Å². The maximum Gasteiger partial charge on any atom is 0.246 e. The topological polar surface area (TPSA) is 73.2 Å². The lowest BCUT2D eigenvalue weighted by molar-refractivity contribution is -0.148. The molecular weight excluding hydrogens is 254 g/mol. The molecule has 5 nitrogen and oxygen atoms in total. The molecule has 2 atom stereocenters. The Bertz CT molecular complexity index is 577. The van der Waals surface area contributed by atoms with Crippen LogP contribution in [0.1, 0.15) is 36.9 Å². The number of nitrogens with one attached hydrogen (secondary N) is 1. The van der Waals surface area contributed by atoms with E-state index in [1.807, 2.05) is 19.1 Å². The van der Waals surface area contributed by atoms with E-state index in [0.717, 1.165) is 5.56 Å². The molecule has 0 radical (unpaired) electrons. The Kier molecular flexibility index (Phi) is 4.16. The second kappa shape index (κ2) is 5.85. The van der Waals surface area contributed by atoms with Crippen LogP contribution >= 0.6 is 0 Å². The molecule has 5 heteroatoms. The number of nitriles is 1. The van der Waals surface area contributed by atoms with Crippen molar-refractivity contribution in [1.29, 1.82) is 5.26 Å². The summed E-state index contributed by atoms with van der Waals surface area (Å²) in [6.45, 7) is 1.94. The molecular formula is C15H17N3O2. The minimum atomic E-state index is -0.349. The van der Waals surface area contributed by atoms with Crippen molar-refractivity contribution in [3.8, 4) is 6.07 Å². The van der Waals surface area contributed by atoms with Crippen LogP contribution in [-0.2, 0) is 9.59 Å². The Morgan fingerprint density at radius 1 is 1.45 bits per heavy atom. The van der Waals surface area contributed by atoms with E-state index in [2.05, 4.69) is 11.4 Å². The van der Waals surface area contributed by atoms with Crippen LogP contribution in [0.4, 0.5) is 0 Å². The van der Waals surface area contributed by atoms with E-state index in [0.29, 0.717) is 18.4 Å². The molecule has 1 heterocycles. The zero-order chi connectivity index (χ0) is 14.7. The number of imide groups is 1. The van der Waals surface area contributed by atoms with Gasteiger partial charge in [0.1, 0.15) is 0 Å². The third kappa shape index (κ3) is 2.86. The summed E-state index contributed by atoms with van der Waals surface area (Å²) in [5.74, 6) is -0.322. The van der Waals surface area contributed by atoms with Crippen molar-refractivity contribution in [1.82, 2.24) is 10.2 Å². The number of likely N-dealkylation sites (tertiary alicyclic amines) is 1. The van der Waals surface area contributed by atoms with Crippen molar-refractivity contribution in [3.05, 3.63) is 35.4 Å². The number of carbonyl (C=O) groups excluding carboxylic acids is 2. The van der Waals surface area contributed by atoms with Gasteiger partial charge in [0.15, 0.2) is 0 Å². The van der Waals surface area contributed by atoms with Crippen LogP contribution in [-0.4, -0.2) is 29.8 Å². The van der Waals surface area contributed by atoms with Gasteiger partial charge in [-0.2, -0.15) is 5.26 Å². The summed E-state index contributed by atoms with van der Waals surface area (Å²) in [6, 6.07) is 8.99. The second-order valence-corrected chi connectivity index (χ2v) is 5.01. The van der Waals surface area contributed by atoms with E-state index in [1.54, 1.807) is 12.1 Å². The molecule has 20 heavy (non-hydrogen) atoms. The van der Waals surface area contributed by atoms with Gasteiger partial charge in [0, 0.05) is 19.5 Å². The van der Waals surface area contributed by atoms with Gasteiger partial charge in [0.25, 0.3) is 0 Å². The first-order valence-electron chi connectivity index (χ1n) is 6.59. The molecule has 0 aromatic heterocycles. The number of hydrogen-bond donors (Lipinski definition) is 1. The number of piperidine rings is 1. The minimum Gasteiger partial charge on any atom is -0.299 e. The normalized spacial score (nSPS) is 20.6. The predicted molar refractivity (Wildman–Crippen MR) is 73.5 cm³/mol. The maximum absolute atomic E-state index is 12.0. The van der Waals surface area contributed by atoms with Gasteiger partial charge in [0.05, 0.1) is 17.7 Å². The fraction of sp³-hybridized carbons (Fsp3) is 0.400. The first kappa shape index (κ1) is 14.2. The Morgan fingerprint density at radius 2 is 2.20 bits per heavy atom. The summed E-state index contributed by atoms with van der Waals surface area (Å²) in [5.41, 5.74) is 1.55. The fourth-order valence-electron chi connectivity index (χ4n) is 2.35. The fourth-order valence-corrected chi connectivity index (χ4v) is 2.35. The highest BCUT2D eigenvalue weighted by molar-refractivity contribution is 6.00. The molecule has 0 spiro atoms. The van der Waals surface area contributed by atoms with Crippen LogP contribution < -0.4 is 5.32 Å². The number of hydrogen-bond acceptors (Lipinski definition) is 4. The van der Waals surface area contributed by atoms with Crippen molar-refractivity contribution < 1.29 is 9.59 Å². The Morgan fingerprint density at radius 3 is 2.90 bits per heavy atom. The summed E-state index contributed by atoms with van der Waals surface area (Å²) < 4.78 is 0. The van der Waals surface area contributed by atoms with Crippen molar-refractivity contribution in [2.45, 2.75) is 31.8 Å². The van der Waals surface area contributed by atoms with Gasteiger partial charge in [-0.15, -0.1) is 0 Å². The molecule has 0 bridgehead atoms. The summed E-state index contributed by atoms with van der Waals surface area (Å²) in [4.78, 5) is 24.6. The predicted octanol–water partition coefficient (Wildman–Crippen LogP) is 1.36. The van der Waals surface area contributed by atoms with Gasteiger partial charge in [0.2, 0.25) is 11.8 Å². The van der Waals surface area contributed by atoms with Crippen LogP contribution in [0.15, 0.2) is 24.3 Å². The highest BCUT2D eigenvalue weighted by Crippen LogP contribution is 2.18. The molecule has 1 aromatic carbocycles. The van der Waals surface area contributed by atoms with Crippen LogP contribution in [0.25, 0.3) is 0 Å². The zero-order valence-corrected chi connectivity index (χ0v) is 11.6. The number of benzene rings is 1. The van der Waals surface area contributed by atoms with E-state index in [-0.39, 0.29) is 23.9 Å². The van der Waals surface area contributed by atoms with Crippen LogP contribution in [0.3, 0.4) is 0 Å². The van der Waals surface area contributed by atoms with Crippen molar-refractivity contribution in [3.63, 3.8) is 0 Å². The Balaban J connectivity index is 2.08. The molecule has 1 aliphatic rings. The molecule has 0 saturated carbocycles. The molecule has 2 unspecified atom stereocenters. The van der Waals surface area contributed by atoms with Gasteiger partial charge in [-0.25, -0.2) is 0 Å². The molecule has 1 fully saturated rings. The molecule has 0 aliphatic carbocycles. The lowest BCUT2D eigenvalue weighted by Gasteiger charge is -2.30. The third-order valence-electron chi connectivity index (χ3n) is 3.62. The Hall–Kier alpha value is -2.19. The SMILES string of the molecule is CC(NC1CCC(=O)N(C)C1=O)c1cccc(C#N)c1. The van der Waals surface area contributed by atoms with E-state index >= 15 is 0 Å². The first-order valence-corrected chi connectivity index (χ1v) is 6.59. The van der Waals surface area contributed by atoms with Gasteiger partial charge in [-0.3, -0.25) is 19.8 Å². The number of rotatable bonds is 3. The molecule has 1 aliphatic heterocycles. The highest BCUT2D eigenvalue weighted by Gasteiger charge is 2.32. The zero-order valence-electron chi connectivity index (χ0n) is 11.6. The molecule has 2 rings (SSSR count). The van der Waals surface area contributed by atoms with E-state index in [9.17, 15) is 9.59 Å². The average Bonchev–Trinajstić information content (AvgIpc) is 2.48. The first-order chi connectivity index (χ1) is 9.52. The largest absolute Gasteiger partial charge is 0.299 e. The van der Waals surface area contributed by atoms with E-state index in [1.165, 1.54) is 11.9 Å². The van der Waals surface area contributed by atoms with Gasteiger partial charge < -0.3 is 0 Å².